The lowest BCUT2D eigenvalue weighted by Crippen LogP contribution is -2.38. The number of hydrogen-bond donors (Lipinski definition) is 4. The zero-order chi connectivity index (χ0) is 26.1. The highest BCUT2D eigenvalue weighted by Crippen LogP contribution is 2.44. The fraction of sp³-hybridized carbons (Fsp3) is 0.560. The van der Waals surface area contributed by atoms with Crippen molar-refractivity contribution in [2.24, 2.45) is 5.92 Å². The molecule has 0 radical (unpaired) electrons. The molecular weight excluding hydrogens is 494 g/mol. The normalized spacial score (nSPS) is 26.8. The van der Waals surface area contributed by atoms with Crippen molar-refractivity contribution < 1.29 is 19.7 Å². The number of nitrogens with zero attached hydrogens (tertiary/aromatic N) is 5. The second-order valence-electron chi connectivity index (χ2n) is 9.56. The Labute approximate surface area is 219 Å². The van der Waals surface area contributed by atoms with E-state index in [-0.39, 0.29) is 18.4 Å². The number of anilines is 1. The summed E-state index contributed by atoms with van der Waals surface area (Å²) in [6.07, 6.45) is -0.195. The van der Waals surface area contributed by atoms with Crippen LogP contribution in [0.15, 0.2) is 29.4 Å². The number of aliphatic hydroxyl groups excluding tert-OH is 2. The van der Waals surface area contributed by atoms with E-state index < -0.39 is 24.2 Å². The highest BCUT2D eigenvalue weighted by Gasteiger charge is 2.47. The first-order valence-corrected chi connectivity index (χ1v) is 13.7. The maximum Gasteiger partial charge on any atom is 0.225 e. The Morgan fingerprint density at radius 1 is 1.16 bits per heavy atom. The molecule has 0 bridgehead atoms. The molecule has 0 aliphatic heterocycles. The quantitative estimate of drug-likeness (QED) is 0.228. The molecule has 2 aliphatic rings. The Morgan fingerprint density at radius 3 is 2.65 bits per heavy atom. The first-order valence-electron chi connectivity index (χ1n) is 12.7. The second kappa shape index (κ2) is 10.8. The molecule has 198 valence electrons. The van der Waals surface area contributed by atoms with Gasteiger partial charge in [-0.15, -0.1) is 5.10 Å². The van der Waals surface area contributed by atoms with E-state index in [0.717, 1.165) is 24.3 Å². The van der Waals surface area contributed by atoms with Crippen LogP contribution < -0.4 is 15.4 Å². The van der Waals surface area contributed by atoms with Crippen LogP contribution in [-0.2, 0) is 4.79 Å². The molecule has 12 heteroatoms. The molecule has 2 aromatic heterocycles. The molecule has 5 rings (SSSR count). The SMILES string of the molecule is CCCSc1nc(NC2CC2c2ccc(OC)cc2)c2nnn(C3CC(C(=O)NCC)C(O)C3O)c2n1. The van der Waals surface area contributed by atoms with Crippen LogP contribution in [0.1, 0.15) is 50.6 Å². The third-order valence-corrected chi connectivity index (χ3v) is 8.10. The van der Waals surface area contributed by atoms with Gasteiger partial charge < -0.3 is 25.6 Å². The van der Waals surface area contributed by atoms with Crippen LogP contribution in [0, 0.1) is 5.92 Å². The van der Waals surface area contributed by atoms with Gasteiger partial charge in [-0.2, -0.15) is 0 Å². The zero-order valence-electron chi connectivity index (χ0n) is 21.2. The summed E-state index contributed by atoms with van der Waals surface area (Å²) in [4.78, 5) is 21.9. The molecule has 37 heavy (non-hydrogen) atoms. The van der Waals surface area contributed by atoms with Gasteiger partial charge in [-0.25, -0.2) is 14.6 Å². The van der Waals surface area contributed by atoms with Gasteiger partial charge in [0.1, 0.15) is 11.9 Å². The lowest BCUT2D eigenvalue weighted by molar-refractivity contribution is -0.128. The van der Waals surface area contributed by atoms with Crippen molar-refractivity contribution >= 4 is 34.7 Å². The summed E-state index contributed by atoms with van der Waals surface area (Å²) in [5.41, 5.74) is 2.21. The minimum atomic E-state index is -1.19. The van der Waals surface area contributed by atoms with Crippen LogP contribution in [0.3, 0.4) is 0 Å². The van der Waals surface area contributed by atoms with Gasteiger partial charge in [0.2, 0.25) is 5.91 Å². The fourth-order valence-corrected chi connectivity index (χ4v) is 5.65. The molecular formula is C25H33N7O4S. The summed E-state index contributed by atoms with van der Waals surface area (Å²) in [5.74, 6) is 1.62. The number of aromatic nitrogens is 5. The van der Waals surface area contributed by atoms with Gasteiger partial charge in [0.25, 0.3) is 0 Å². The van der Waals surface area contributed by atoms with Gasteiger partial charge in [-0.1, -0.05) is 36.0 Å². The van der Waals surface area contributed by atoms with Crippen LogP contribution >= 0.6 is 11.8 Å². The largest absolute Gasteiger partial charge is 0.497 e. The van der Waals surface area contributed by atoms with E-state index in [9.17, 15) is 15.0 Å². The van der Waals surface area contributed by atoms with Gasteiger partial charge in [-0.3, -0.25) is 4.79 Å². The van der Waals surface area contributed by atoms with Crippen molar-refractivity contribution in [1.29, 1.82) is 0 Å². The molecule has 2 aliphatic carbocycles. The molecule has 0 saturated heterocycles. The van der Waals surface area contributed by atoms with E-state index in [0.29, 0.717) is 34.6 Å². The van der Waals surface area contributed by atoms with E-state index >= 15 is 0 Å². The third kappa shape index (κ3) is 5.10. The van der Waals surface area contributed by atoms with Crippen LogP contribution in [-0.4, -0.2) is 78.7 Å². The lowest BCUT2D eigenvalue weighted by atomic mass is 10.0. The predicted molar refractivity (Wildman–Crippen MR) is 140 cm³/mol. The number of rotatable bonds is 10. The smallest absolute Gasteiger partial charge is 0.225 e. The Hall–Kier alpha value is -2.96. The number of benzene rings is 1. The predicted octanol–water partition coefficient (Wildman–Crippen LogP) is 2.12. The summed E-state index contributed by atoms with van der Waals surface area (Å²) in [7, 11) is 1.66. The van der Waals surface area contributed by atoms with Gasteiger partial charge in [0.05, 0.1) is 25.2 Å². The Bertz CT molecular complexity index is 1250. The lowest BCUT2D eigenvalue weighted by Gasteiger charge is -2.17. The van der Waals surface area contributed by atoms with Gasteiger partial charge in [0.15, 0.2) is 22.1 Å². The number of ether oxygens (including phenoxy) is 1. The number of thioether (sulfide) groups is 1. The number of fused-ring (bicyclic) bond motifs is 1. The Kier molecular flexibility index (Phi) is 7.50. The van der Waals surface area contributed by atoms with Crippen LogP contribution in [0.4, 0.5) is 5.82 Å². The highest BCUT2D eigenvalue weighted by atomic mass is 32.2. The number of methoxy groups -OCH3 is 1. The van der Waals surface area contributed by atoms with E-state index in [1.54, 1.807) is 23.6 Å². The van der Waals surface area contributed by atoms with E-state index in [4.69, 9.17) is 14.7 Å². The Balaban J connectivity index is 1.42. The molecule has 2 fully saturated rings. The number of aliphatic hydroxyl groups is 2. The molecule has 11 nitrogen and oxygen atoms in total. The second-order valence-corrected chi connectivity index (χ2v) is 10.6. The molecule has 1 amide bonds. The third-order valence-electron chi connectivity index (χ3n) is 7.05. The summed E-state index contributed by atoms with van der Waals surface area (Å²) >= 11 is 1.55. The number of amides is 1. The topological polar surface area (TPSA) is 147 Å². The standard InChI is InChI=1S/C25H33N7O4S/c1-4-10-37-25-28-22(27-17-11-15(17)13-6-8-14(36-3)9-7-13)19-23(29-25)32(31-30-19)18-12-16(20(33)21(18)34)24(35)26-5-2/h6-9,15-18,20-21,33-34H,4-5,10-12H2,1-3H3,(H,26,35)(H,27,28,29). The van der Waals surface area contributed by atoms with Gasteiger partial charge >= 0.3 is 0 Å². The number of hydrogen-bond acceptors (Lipinski definition) is 10. The zero-order valence-corrected chi connectivity index (χ0v) is 22.0. The first-order chi connectivity index (χ1) is 17.9. The van der Waals surface area contributed by atoms with Crippen molar-refractivity contribution in [1.82, 2.24) is 30.3 Å². The average Bonchev–Trinajstić information content (AvgIpc) is 3.44. The maximum atomic E-state index is 12.4. The minimum absolute atomic E-state index is 0.196. The molecule has 1 aromatic carbocycles. The fourth-order valence-electron chi connectivity index (χ4n) is 4.96. The minimum Gasteiger partial charge on any atom is -0.497 e. The molecule has 0 spiro atoms. The number of carbonyl (C=O) groups excluding carboxylic acids is 1. The Morgan fingerprint density at radius 2 is 1.95 bits per heavy atom. The summed E-state index contributed by atoms with van der Waals surface area (Å²) < 4.78 is 6.81. The first kappa shape index (κ1) is 25.7. The van der Waals surface area contributed by atoms with Crippen LogP contribution in [0.5, 0.6) is 5.75 Å². The number of nitrogens with one attached hydrogen (secondary N) is 2. The number of carbonyl (C=O) groups is 1. The molecule has 3 aromatic rings. The summed E-state index contributed by atoms with van der Waals surface area (Å²) in [5, 5.41) is 36.9. The monoisotopic (exact) mass is 527 g/mol. The summed E-state index contributed by atoms with van der Waals surface area (Å²) in [6, 6.07) is 7.66. The van der Waals surface area contributed by atoms with Gasteiger partial charge in [-0.05, 0) is 43.9 Å². The van der Waals surface area contributed by atoms with Crippen LogP contribution in [0.25, 0.3) is 11.2 Å². The van der Waals surface area contributed by atoms with Crippen molar-refractivity contribution in [2.75, 3.05) is 24.7 Å². The van der Waals surface area contributed by atoms with Crippen molar-refractivity contribution in [3.05, 3.63) is 29.8 Å². The highest BCUT2D eigenvalue weighted by molar-refractivity contribution is 7.99. The van der Waals surface area contributed by atoms with E-state index in [1.807, 2.05) is 19.1 Å². The molecule has 6 atom stereocenters. The van der Waals surface area contributed by atoms with Crippen LogP contribution in [0.2, 0.25) is 0 Å². The van der Waals surface area contributed by atoms with E-state index in [2.05, 4.69) is 40.0 Å². The van der Waals surface area contributed by atoms with Crippen molar-refractivity contribution in [3.8, 4) is 5.75 Å². The molecule has 2 saturated carbocycles. The maximum absolute atomic E-state index is 12.4. The van der Waals surface area contributed by atoms with Crippen molar-refractivity contribution in [2.45, 2.75) is 68.5 Å². The van der Waals surface area contributed by atoms with E-state index in [1.165, 1.54) is 5.56 Å². The molecule has 4 N–H and O–H groups in total. The van der Waals surface area contributed by atoms with Crippen molar-refractivity contribution in [3.63, 3.8) is 0 Å². The average molecular weight is 528 g/mol. The summed E-state index contributed by atoms with van der Waals surface area (Å²) in [6.45, 7) is 4.37. The van der Waals surface area contributed by atoms with Gasteiger partial charge in [0, 0.05) is 24.3 Å². The molecule has 6 unspecified atom stereocenters. The molecule has 2 heterocycles.